The number of piperidine rings is 1. The van der Waals surface area contributed by atoms with Gasteiger partial charge in [0.1, 0.15) is 17.0 Å². The molecule has 4 heterocycles. The maximum Gasteiger partial charge on any atom is 0.226 e. The van der Waals surface area contributed by atoms with E-state index in [4.69, 9.17) is 0 Å². The number of aryl methyl sites for hydroxylation is 2. The second-order valence-electron chi connectivity index (χ2n) is 7.51. The van der Waals surface area contributed by atoms with Gasteiger partial charge in [-0.25, -0.2) is 9.97 Å². The summed E-state index contributed by atoms with van der Waals surface area (Å²) in [6.45, 7) is 10.9. The van der Waals surface area contributed by atoms with Crippen molar-refractivity contribution in [2.45, 2.75) is 39.7 Å². The van der Waals surface area contributed by atoms with Gasteiger partial charge in [0.15, 0.2) is 0 Å². The first-order valence-corrected chi connectivity index (χ1v) is 10.3. The van der Waals surface area contributed by atoms with E-state index in [9.17, 15) is 4.79 Å². The van der Waals surface area contributed by atoms with E-state index in [1.165, 1.54) is 15.8 Å². The highest BCUT2D eigenvalue weighted by Crippen LogP contribution is 2.35. The number of nitrogens with zero attached hydrogens (tertiary/aromatic N) is 4. The van der Waals surface area contributed by atoms with Crippen LogP contribution in [0, 0.1) is 19.8 Å². The zero-order valence-electron chi connectivity index (χ0n) is 16.2. The van der Waals surface area contributed by atoms with Crippen molar-refractivity contribution >= 4 is 45.7 Å². The molecule has 27 heavy (non-hydrogen) atoms. The Morgan fingerprint density at radius 2 is 1.96 bits per heavy atom. The number of aromatic nitrogens is 2. The third kappa shape index (κ3) is 3.77. The van der Waals surface area contributed by atoms with Crippen LogP contribution in [0.15, 0.2) is 6.33 Å². The third-order valence-electron chi connectivity index (χ3n) is 5.87. The number of amides is 1. The molecule has 2 aromatic heterocycles. The van der Waals surface area contributed by atoms with E-state index in [-0.39, 0.29) is 18.3 Å². The molecular formula is C19H28ClN5OS. The molecule has 4 rings (SSSR count). The van der Waals surface area contributed by atoms with Crippen molar-refractivity contribution < 1.29 is 4.79 Å². The van der Waals surface area contributed by atoms with Gasteiger partial charge in [-0.3, -0.25) is 4.79 Å². The number of anilines is 1. The summed E-state index contributed by atoms with van der Waals surface area (Å²) in [6.07, 6.45) is 3.49. The van der Waals surface area contributed by atoms with Gasteiger partial charge in [0, 0.05) is 49.6 Å². The van der Waals surface area contributed by atoms with Crippen molar-refractivity contribution in [2.24, 2.45) is 5.92 Å². The second kappa shape index (κ2) is 8.29. The lowest BCUT2D eigenvalue weighted by Crippen LogP contribution is -2.54. The summed E-state index contributed by atoms with van der Waals surface area (Å²) in [5.74, 6) is 1.53. The van der Waals surface area contributed by atoms with E-state index < -0.39 is 0 Å². The Bertz CT molecular complexity index is 818. The average Bonchev–Trinajstić information content (AvgIpc) is 2.96. The largest absolute Gasteiger partial charge is 0.356 e. The number of hydrogen-bond acceptors (Lipinski definition) is 6. The van der Waals surface area contributed by atoms with Crippen molar-refractivity contribution in [3.8, 4) is 0 Å². The lowest BCUT2D eigenvalue weighted by Gasteiger charge is -2.39. The minimum atomic E-state index is 0. The Morgan fingerprint density at radius 1 is 1.22 bits per heavy atom. The summed E-state index contributed by atoms with van der Waals surface area (Å²) in [4.78, 5) is 28.8. The molecule has 0 radical (unpaired) electrons. The Hall–Kier alpha value is -1.44. The maximum atomic E-state index is 12.9. The molecule has 148 valence electrons. The molecular weight excluding hydrogens is 382 g/mol. The fourth-order valence-electron chi connectivity index (χ4n) is 4.14. The molecule has 2 aromatic rings. The average molecular weight is 410 g/mol. The predicted molar refractivity (Wildman–Crippen MR) is 113 cm³/mol. The van der Waals surface area contributed by atoms with Gasteiger partial charge in [0.2, 0.25) is 5.91 Å². The molecule has 0 saturated carbocycles. The summed E-state index contributed by atoms with van der Waals surface area (Å²) in [7, 11) is 0. The first-order chi connectivity index (χ1) is 12.6. The summed E-state index contributed by atoms with van der Waals surface area (Å²) >= 11 is 1.74. The van der Waals surface area contributed by atoms with Crippen LogP contribution in [0.5, 0.6) is 0 Å². The molecule has 2 saturated heterocycles. The SMILES string of the molecule is Cc1sc2ncnc(N3CCC(C(=O)N4CCNC[C@@H]4C)CC3)c2c1C.Cl. The highest BCUT2D eigenvalue weighted by molar-refractivity contribution is 7.18. The lowest BCUT2D eigenvalue weighted by molar-refractivity contribution is -0.139. The number of carbonyl (C=O) groups is 1. The molecule has 1 atom stereocenters. The van der Waals surface area contributed by atoms with Crippen LogP contribution in [0.1, 0.15) is 30.2 Å². The molecule has 2 aliphatic heterocycles. The number of hydrogen-bond donors (Lipinski definition) is 1. The summed E-state index contributed by atoms with van der Waals surface area (Å²) in [5.41, 5.74) is 1.29. The molecule has 1 amide bonds. The third-order valence-corrected chi connectivity index (χ3v) is 6.99. The van der Waals surface area contributed by atoms with E-state index in [2.05, 4.69) is 45.9 Å². The van der Waals surface area contributed by atoms with Crippen LogP contribution in [0.3, 0.4) is 0 Å². The quantitative estimate of drug-likeness (QED) is 0.826. The first kappa shape index (κ1) is 20.3. The van der Waals surface area contributed by atoms with Crippen LogP contribution >= 0.6 is 23.7 Å². The van der Waals surface area contributed by atoms with Crippen molar-refractivity contribution in [3.63, 3.8) is 0 Å². The van der Waals surface area contributed by atoms with E-state index in [1.54, 1.807) is 17.7 Å². The Balaban J connectivity index is 0.00000210. The van der Waals surface area contributed by atoms with Crippen LogP contribution in [0.4, 0.5) is 5.82 Å². The van der Waals surface area contributed by atoms with Crippen molar-refractivity contribution in [2.75, 3.05) is 37.6 Å². The van der Waals surface area contributed by atoms with Gasteiger partial charge >= 0.3 is 0 Å². The molecule has 0 unspecified atom stereocenters. The number of fused-ring (bicyclic) bond motifs is 1. The smallest absolute Gasteiger partial charge is 0.226 e. The lowest BCUT2D eigenvalue weighted by atomic mass is 9.94. The first-order valence-electron chi connectivity index (χ1n) is 9.53. The monoisotopic (exact) mass is 409 g/mol. The number of rotatable bonds is 2. The predicted octanol–water partition coefficient (Wildman–Crippen LogP) is 2.77. The van der Waals surface area contributed by atoms with Crippen molar-refractivity contribution in [1.82, 2.24) is 20.2 Å². The van der Waals surface area contributed by atoms with Crippen LogP contribution < -0.4 is 10.2 Å². The van der Waals surface area contributed by atoms with E-state index in [0.29, 0.717) is 11.9 Å². The standard InChI is InChI=1S/C19H27N5OS.ClH/c1-12-10-20-6-9-24(12)19(25)15-4-7-23(8-5-15)17-16-13(2)14(3)26-18(16)22-11-21-17;/h11-12,15,20H,4-10H2,1-3H3;1H/t12-;/m0./s1. The zero-order valence-corrected chi connectivity index (χ0v) is 17.8. The molecule has 0 aliphatic carbocycles. The molecule has 8 heteroatoms. The van der Waals surface area contributed by atoms with Gasteiger partial charge in [-0.15, -0.1) is 23.7 Å². The van der Waals surface area contributed by atoms with Gasteiger partial charge in [0.05, 0.1) is 5.39 Å². The fourth-order valence-corrected chi connectivity index (χ4v) is 5.14. The van der Waals surface area contributed by atoms with Crippen molar-refractivity contribution in [3.05, 3.63) is 16.8 Å². The van der Waals surface area contributed by atoms with Crippen LogP contribution in [0.2, 0.25) is 0 Å². The van der Waals surface area contributed by atoms with E-state index in [0.717, 1.165) is 56.2 Å². The maximum absolute atomic E-state index is 12.9. The molecule has 6 nitrogen and oxygen atoms in total. The van der Waals surface area contributed by atoms with E-state index >= 15 is 0 Å². The number of nitrogens with one attached hydrogen (secondary N) is 1. The number of thiophene rings is 1. The van der Waals surface area contributed by atoms with Gasteiger partial charge in [0.25, 0.3) is 0 Å². The number of halogens is 1. The van der Waals surface area contributed by atoms with Gasteiger partial charge < -0.3 is 15.1 Å². The van der Waals surface area contributed by atoms with E-state index in [1.807, 2.05) is 0 Å². The fraction of sp³-hybridized carbons (Fsp3) is 0.632. The van der Waals surface area contributed by atoms with Crippen LogP contribution in [0.25, 0.3) is 10.2 Å². The summed E-state index contributed by atoms with van der Waals surface area (Å²) < 4.78 is 0. The van der Waals surface area contributed by atoms with Gasteiger partial charge in [-0.1, -0.05) is 0 Å². The summed E-state index contributed by atoms with van der Waals surface area (Å²) in [5, 5.41) is 4.55. The topological polar surface area (TPSA) is 61.4 Å². The van der Waals surface area contributed by atoms with Crippen molar-refractivity contribution in [1.29, 1.82) is 0 Å². The highest BCUT2D eigenvalue weighted by atomic mass is 35.5. The molecule has 2 aliphatic rings. The molecule has 0 bridgehead atoms. The Labute approximate surface area is 170 Å². The molecule has 0 spiro atoms. The normalized spacial score (nSPS) is 21.4. The number of piperazine rings is 1. The van der Waals surface area contributed by atoms with Gasteiger partial charge in [-0.05, 0) is 39.2 Å². The van der Waals surface area contributed by atoms with Crippen LogP contribution in [-0.4, -0.2) is 59.5 Å². The highest BCUT2D eigenvalue weighted by Gasteiger charge is 2.32. The Kier molecular flexibility index (Phi) is 6.23. The minimum Gasteiger partial charge on any atom is -0.356 e. The second-order valence-corrected chi connectivity index (χ2v) is 8.71. The van der Waals surface area contributed by atoms with Crippen LogP contribution in [-0.2, 0) is 4.79 Å². The summed E-state index contributed by atoms with van der Waals surface area (Å²) in [6, 6.07) is 0.298. The molecule has 1 N–H and O–H groups in total. The number of carbonyl (C=O) groups excluding carboxylic acids is 1. The molecule has 2 fully saturated rings. The minimum absolute atomic E-state index is 0. The van der Waals surface area contributed by atoms with Gasteiger partial charge in [-0.2, -0.15) is 0 Å². The zero-order chi connectivity index (χ0) is 18.3. The Morgan fingerprint density at radius 3 is 2.67 bits per heavy atom. The molecule has 0 aromatic carbocycles.